The standard InChI is InChI=1S/C22H38N4O4/c1-3-5-14-25-20(27)29-16-12-22(24,19(23)18-10-8-7-9-11-18)13-17-30-21(28)26-15-6-4-2/h7-11,19H,3-6,12-17,23-24H2,1-2H3,(H,25,27)(H,26,28). The fourth-order valence-electron chi connectivity index (χ4n) is 2.93. The van der Waals surface area contributed by atoms with E-state index in [-0.39, 0.29) is 13.2 Å². The molecule has 1 aromatic carbocycles. The molecule has 0 fully saturated rings. The number of alkyl carbamates (subject to hydrolysis) is 2. The molecular weight excluding hydrogens is 384 g/mol. The monoisotopic (exact) mass is 422 g/mol. The molecule has 1 rings (SSSR count). The minimum atomic E-state index is -0.908. The molecule has 8 nitrogen and oxygen atoms in total. The average molecular weight is 423 g/mol. The molecule has 8 heteroatoms. The van der Waals surface area contributed by atoms with Gasteiger partial charge in [-0.3, -0.25) is 0 Å². The summed E-state index contributed by atoms with van der Waals surface area (Å²) in [6.07, 6.45) is 3.51. The van der Waals surface area contributed by atoms with Gasteiger partial charge >= 0.3 is 12.2 Å². The van der Waals surface area contributed by atoms with Crippen molar-refractivity contribution in [1.29, 1.82) is 0 Å². The summed E-state index contributed by atoms with van der Waals surface area (Å²) < 4.78 is 10.5. The number of nitrogens with two attached hydrogens (primary N) is 2. The molecule has 0 aliphatic carbocycles. The molecule has 0 aliphatic heterocycles. The highest BCUT2D eigenvalue weighted by Gasteiger charge is 2.34. The number of hydrogen-bond acceptors (Lipinski definition) is 6. The third-order valence-corrected chi connectivity index (χ3v) is 4.98. The predicted octanol–water partition coefficient (Wildman–Crippen LogP) is 3.22. The Bertz CT molecular complexity index is 584. The zero-order valence-electron chi connectivity index (χ0n) is 18.3. The van der Waals surface area contributed by atoms with Gasteiger partial charge in [0.1, 0.15) is 0 Å². The molecule has 0 saturated heterocycles. The molecule has 30 heavy (non-hydrogen) atoms. The predicted molar refractivity (Wildman–Crippen MR) is 118 cm³/mol. The molecule has 0 aliphatic rings. The molecule has 0 saturated carbocycles. The minimum absolute atomic E-state index is 0.123. The molecular formula is C22H38N4O4. The average Bonchev–Trinajstić information content (AvgIpc) is 2.74. The van der Waals surface area contributed by atoms with Crippen LogP contribution in [0.25, 0.3) is 0 Å². The van der Waals surface area contributed by atoms with E-state index in [9.17, 15) is 9.59 Å². The maximum absolute atomic E-state index is 11.8. The van der Waals surface area contributed by atoms with Crippen LogP contribution < -0.4 is 22.1 Å². The molecule has 0 aromatic heterocycles. The summed E-state index contributed by atoms with van der Waals surface area (Å²) in [5.41, 5.74) is 13.1. The Morgan fingerprint density at radius 1 is 0.933 bits per heavy atom. The maximum atomic E-state index is 11.8. The van der Waals surface area contributed by atoms with Crippen LogP contribution in [0.4, 0.5) is 9.59 Å². The Balaban J connectivity index is 2.62. The second-order valence-electron chi connectivity index (χ2n) is 7.45. The van der Waals surface area contributed by atoms with Crippen molar-refractivity contribution < 1.29 is 19.1 Å². The number of unbranched alkanes of at least 4 members (excludes halogenated alkanes) is 2. The smallest absolute Gasteiger partial charge is 0.407 e. The lowest BCUT2D eigenvalue weighted by atomic mass is 9.81. The third kappa shape index (κ3) is 9.93. The fraction of sp³-hybridized carbons (Fsp3) is 0.636. The van der Waals surface area contributed by atoms with Crippen LogP contribution >= 0.6 is 0 Å². The van der Waals surface area contributed by atoms with E-state index in [1.165, 1.54) is 0 Å². The zero-order valence-corrected chi connectivity index (χ0v) is 18.3. The molecule has 2 amide bonds. The van der Waals surface area contributed by atoms with Gasteiger partial charge in [0.05, 0.1) is 13.2 Å². The Hall–Kier alpha value is -2.32. The highest BCUT2D eigenvalue weighted by Crippen LogP contribution is 2.28. The number of ether oxygens (including phenoxy) is 2. The first-order valence-corrected chi connectivity index (χ1v) is 10.8. The van der Waals surface area contributed by atoms with E-state index in [0.29, 0.717) is 25.9 Å². The summed E-state index contributed by atoms with van der Waals surface area (Å²) in [6, 6.07) is 9.00. The minimum Gasteiger partial charge on any atom is -0.449 e. The van der Waals surface area contributed by atoms with Gasteiger partial charge in [-0.2, -0.15) is 0 Å². The summed E-state index contributed by atoms with van der Waals surface area (Å²) in [5, 5.41) is 5.40. The maximum Gasteiger partial charge on any atom is 0.407 e. The SMILES string of the molecule is CCCCNC(=O)OCCC(N)(CCOC(=O)NCCCC)C(N)c1ccccc1. The van der Waals surface area contributed by atoms with Crippen molar-refractivity contribution in [1.82, 2.24) is 10.6 Å². The number of amides is 2. The van der Waals surface area contributed by atoms with Crippen molar-refractivity contribution in [2.75, 3.05) is 26.3 Å². The second-order valence-corrected chi connectivity index (χ2v) is 7.45. The molecule has 6 N–H and O–H groups in total. The van der Waals surface area contributed by atoms with E-state index in [0.717, 1.165) is 31.2 Å². The Labute approximate surface area is 180 Å². The summed E-state index contributed by atoms with van der Waals surface area (Å²) in [5.74, 6) is 0. The number of nitrogens with one attached hydrogen (secondary N) is 2. The topological polar surface area (TPSA) is 129 Å². The number of rotatable bonds is 14. The van der Waals surface area contributed by atoms with Gasteiger partial charge in [0.25, 0.3) is 0 Å². The first-order chi connectivity index (χ1) is 14.4. The summed E-state index contributed by atoms with van der Waals surface area (Å²) >= 11 is 0. The van der Waals surface area contributed by atoms with E-state index >= 15 is 0 Å². The Morgan fingerprint density at radius 3 is 1.83 bits per heavy atom. The Morgan fingerprint density at radius 2 is 1.40 bits per heavy atom. The number of hydrogen-bond donors (Lipinski definition) is 4. The molecule has 0 bridgehead atoms. The van der Waals surface area contributed by atoms with Crippen molar-refractivity contribution >= 4 is 12.2 Å². The van der Waals surface area contributed by atoms with Gasteiger partial charge in [-0.25, -0.2) is 9.59 Å². The molecule has 1 atom stereocenters. The van der Waals surface area contributed by atoms with Gasteiger partial charge in [0.15, 0.2) is 0 Å². The van der Waals surface area contributed by atoms with E-state index in [1.54, 1.807) is 0 Å². The van der Waals surface area contributed by atoms with Crippen LogP contribution in [-0.2, 0) is 9.47 Å². The third-order valence-electron chi connectivity index (χ3n) is 4.98. The fourth-order valence-corrected chi connectivity index (χ4v) is 2.93. The van der Waals surface area contributed by atoms with Crippen LogP contribution in [0, 0.1) is 0 Å². The number of benzene rings is 1. The van der Waals surface area contributed by atoms with E-state index in [1.807, 2.05) is 44.2 Å². The van der Waals surface area contributed by atoms with Gasteiger partial charge in [0.2, 0.25) is 0 Å². The molecule has 170 valence electrons. The largest absolute Gasteiger partial charge is 0.449 e. The van der Waals surface area contributed by atoms with Crippen LogP contribution in [-0.4, -0.2) is 44.0 Å². The summed E-state index contributed by atoms with van der Waals surface area (Å²) in [6.45, 7) is 5.50. The van der Waals surface area contributed by atoms with Crippen LogP contribution in [0.2, 0.25) is 0 Å². The molecule has 0 heterocycles. The van der Waals surface area contributed by atoms with Crippen molar-refractivity contribution in [3.8, 4) is 0 Å². The van der Waals surface area contributed by atoms with Crippen molar-refractivity contribution in [2.45, 2.75) is 64.0 Å². The van der Waals surface area contributed by atoms with E-state index in [4.69, 9.17) is 20.9 Å². The van der Waals surface area contributed by atoms with Gasteiger partial charge < -0.3 is 31.6 Å². The van der Waals surface area contributed by atoms with Crippen molar-refractivity contribution in [3.05, 3.63) is 35.9 Å². The number of carbonyl (C=O) groups is 2. The quantitative estimate of drug-likeness (QED) is 0.341. The molecule has 0 spiro atoms. The van der Waals surface area contributed by atoms with Crippen LogP contribution in [0.3, 0.4) is 0 Å². The lowest BCUT2D eigenvalue weighted by Gasteiger charge is -2.35. The van der Waals surface area contributed by atoms with Crippen LogP contribution in [0.5, 0.6) is 0 Å². The van der Waals surface area contributed by atoms with Gasteiger partial charge in [-0.1, -0.05) is 57.0 Å². The highest BCUT2D eigenvalue weighted by atomic mass is 16.6. The lowest BCUT2D eigenvalue weighted by Crippen LogP contribution is -2.51. The van der Waals surface area contributed by atoms with Crippen molar-refractivity contribution in [2.24, 2.45) is 11.5 Å². The van der Waals surface area contributed by atoms with Gasteiger partial charge in [-0.05, 0) is 18.4 Å². The molecule has 0 radical (unpaired) electrons. The number of carbonyl (C=O) groups excluding carboxylic acids is 2. The van der Waals surface area contributed by atoms with Gasteiger partial charge in [-0.15, -0.1) is 0 Å². The highest BCUT2D eigenvalue weighted by molar-refractivity contribution is 5.67. The van der Waals surface area contributed by atoms with E-state index in [2.05, 4.69) is 10.6 Å². The van der Waals surface area contributed by atoms with Crippen LogP contribution in [0.15, 0.2) is 30.3 Å². The molecule has 1 aromatic rings. The summed E-state index contributed by atoms with van der Waals surface area (Å²) in [4.78, 5) is 23.6. The second kappa shape index (κ2) is 14.6. The van der Waals surface area contributed by atoms with Crippen molar-refractivity contribution in [3.63, 3.8) is 0 Å². The normalized spacial score (nSPS) is 12.1. The lowest BCUT2D eigenvalue weighted by molar-refractivity contribution is 0.111. The Kier molecular flexibility index (Phi) is 12.5. The summed E-state index contributed by atoms with van der Waals surface area (Å²) in [7, 11) is 0. The van der Waals surface area contributed by atoms with Crippen LogP contribution in [0.1, 0.15) is 64.0 Å². The molecule has 1 unspecified atom stereocenters. The first-order valence-electron chi connectivity index (χ1n) is 10.8. The van der Waals surface area contributed by atoms with Gasteiger partial charge in [0, 0.05) is 37.5 Å². The zero-order chi connectivity index (χ0) is 22.2. The van der Waals surface area contributed by atoms with E-state index < -0.39 is 23.8 Å². The first kappa shape index (κ1) is 25.7.